The van der Waals surface area contributed by atoms with E-state index in [0.29, 0.717) is 10.7 Å². The number of para-hydroxylation sites is 2. The highest BCUT2D eigenvalue weighted by atomic mass is 35.5. The van der Waals surface area contributed by atoms with Crippen LogP contribution in [0.2, 0.25) is 5.02 Å². The number of benzene rings is 2. The fourth-order valence-electron chi connectivity index (χ4n) is 4.22. The third-order valence-corrected chi connectivity index (χ3v) is 6.47. The molecule has 0 bridgehead atoms. The number of hydrogen-bond acceptors (Lipinski definition) is 6. The van der Waals surface area contributed by atoms with Crippen molar-refractivity contribution in [2.24, 2.45) is 7.05 Å². The van der Waals surface area contributed by atoms with Crippen LogP contribution in [-0.2, 0) is 12.6 Å². The Morgan fingerprint density at radius 2 is 1.73 bits per heavy atom. The predicted octanol–water partition coefficient (Wildman–Crippen LogP) is 4.05. The maximum atomic E-state index is 9.98. The lowest BCUT2D eigenvalue weighted by Gasteiger charge is -2.36. The van der Waals surface area contributed by atoms with Crippen LogP contribution in [0.25, 0.3) is 22.4 Å². The van der Waals surface area contributed by atoms with Crippen LogP contribution in [0.1, 0.15) is 12.6 Å². The first-order valence-electron chi connectivity index (χ1n) is 10.9. The normalized spacial score (nSPS) is 14.8. The molecule has 1 radical (unpaired) electrons. The van der Waals surface area contributed by atoms with E-state index in [4.69, 9.17) is 16.6 Å². The molecule has 8 heteroatoms. The number of rotatable bonds is 4. The summed E-state index contributed by atoms with van der Waals surface area (Å²) in [5.41, 5.74) is 3.30. The maximum Gasteiger partial charge on any atom is 0.147 e. The summed E-state index contributed by atoms with van der Waals surface area (Å²) in [6.07, 6.45) is 3.30. The minimum absolute atomic E-state index is 0.459. The maximum absolute atomic E-state index is 9.98. The molecule has 1 saturated heterocycles. The quantitative estimate of drug-likeness (QED) is 0.494. The van der Waals surface area contributed by atoms with Crippen molar-refractivity contribution in [3.8, 4) is 11.4 Å². The summed E-state index contributed by atoms with van der Waals surface area (Å²) in [6, 6.07) is 14.2. The molecular weight excluding hydrogens is 436 g/mol. The molecule has 1 N–H and O–H groups in total. The van der Waals surface area contributed by atoms with E-state index in [-0.39, 0.29) is 0 Å². The summed E-state index contributed by atoms with van der Waals surface area (Å²) in [6.45, 7) is 8.63. The number of fused-ring (bicyclic) bond motifs is 1. The molecule has 2 aromatic heterocycles. The van der Waals surface area contributed by atoms with E-state index in [1.807, 2.05) is 31.3 Å². The van der Waals surface area contributed by atoms with Crippen molar-refractivity contribution in [2.45, 2.75) is 12.5 Å². The fourth-order valence-corrected chi connectivity index (χ4v) is 4.43. The van der Waals surface area contributed by atoms with Crippen LogP contribution in [0.4, 0.5) is 11.5 Å². The molecule has 3 heterocycles. The van der Waals surface area contributed by atoms with E-state index in [0.717, 1.165) is 60.1 Å². The lowest BCUT2D eigenvalue weighted by molar-refractivity contribution is 0.103. The van der Waals surface area contributed by atoms with Gasteiger partial charge < -0.3 is 19.5 Å². The Morgan fingerprint density at radius 1 is 1.00 bits per heavy atom. The second kappa shape index (κ2) is 8.32. The number of halogens is 1. The molecule has 7 nitrogen and oxygen atoms in total. The summed E-state index contributed by atoms with van der Waals surface area (Å²) in [5.74, 6) is 1.66. The van der Waals surface area contributed by atoms with Crippen molar-refractivity contribution in [1.29, 1.82) is 0 Å². The van der Waals surface area contributed by atoms with Gasteiger partial charge in [-0.3, -0.25) is 4.98 Å². The number of piperazine rings is 1. The van der Waals surface area contributed by atoms with Gasteiger partial charge in [0.25, 0.3) is 0 Å². The molecule has 0 aliphatic carbocycles. The minimum Gasteiger partial charge on any atom is -0.384 e. The molecule has 33 heavy (non-hydrogen) atoms. The monoisotopic (exact) mass is 461 g/mol. The van der Waals surface area contributed by atoms with Crippen LogP contribution < -0.4 is 9.80 Å². The van der Waals surface area contributed by atoms with Gasteiger partial charge in [0, 0.05) is 44.5 Å². The molecule has 169 valence electrons. The number of nitrogens with zero attached hydrogens (tertiary/aromatic N) is 6. The van der Waals surface area contributed by atoms with Crippen LogP contribution >= 0.6 is 11.6 Å². The van der Waals surface area contributed by atoms with Crippen LogP contribution in [0.3, 0.4) is 0 Å². The molecule has 0 spiro atoms. The molecule has 2 aromatic carbocycles. The van der Waals surface area contributed by atoms with Crippen molar-refractivity contribution in [3.05, 3.63) is 72.5 Å². The first-order valence-corrected chi connectivity index (χ1v) is 11.3. The van der Waals surface area contributed by atoms with E-state index in [1.54, 1.807) is 19.3 Å². The van der Waals surface area contributed by atoms with E-state index in [1.165, 1.54) is 0 Å². The first-order chi connectivity index (χ1) is 15.8. The molecule has 5 rings (SSSR count). The summed E-state index contributed by atoms with van der Waals surface area (Å²) < 4.78 is 2.09. The smallest absolute Gasteiger partial charge is 0.147 e. The second-order valence-electron chi connectivity index (χ2n) is 8.66. The predicted molar refractivity (Wildman–Crippen MR) is 133 cm³/mol. The lowest BCUT2D eigenvalue weighted by Crippen LogP contribution is -2.47. The Morgan fingerprint density at radius 3 is 2.39 bits per heavy atom. The summed E-state index contributed by atoms with van der Waals surface area (Å²) in [7, 11) is 2.02. The largest absolute Gasteiger partial charge is 0.384 e. The molecule has 1 atom stereocenters. The minimum atomic E-state index is -1.24. The number of aliphatic hydroxyl groups is 1. The van der Waals surface area contributed by atoms with Crippen LogP contribution in [-0.4, -0.2) is 50.8 Å². The molecule has 1 fully saturated rings. The fraction of sp³-hybridized carbons (Fsp3) is 0.280. The topological polar surface area (TPSA) is 70.3 Å². The van der Waals surface area contributed by atoms with Crippen molar-refractivity contribution in [1.82, 2.24) is 19.5 Å². The number of aryl methyl sites for hydroxylation is 1. The van der Waals surface area contributed by atoms with E-state index in [2.05, 4.69) is 49.5 Å². The third kappa shape index (κ3) is 4.14. The number of imidazole rings is 1. The van der Waals surface area contributed by atoms with Gasteiger partial charge >= 0.3 is 0 Å². The Bertz CT molecular complexity index is 1290. The molecule has 0 saturated carbocycles. The Balaban J connectivity index is 1.35. The van der Waals surface area contributed by atoms with Crippen molar-refractivity contribution >= 4 is 34.1 Å². The SMILES string of the molecule is [CH2]C(C)(O)c1cnc(N2CCN(c3ccc(Cl)c(-c4nc5ccccc5n4C)c3)CC2)cn1. The number of anilines is 2. The molecule has 1 unspecified atom stereocenters. The van der Waals surface area contributed by atoms with Gasteiger partial charge in [-0.05, 0) is 44.2 Å². The molecule has 1 aliphatic rings. The molecular formula is C25H26ClN6O. The zero-order chi connectivity index (χ0) is 23.2. The number of hydrogen-bond donors (Lipinski definition) is 1. The summed E-state index contributed by atoms with van der Waals surface area (Å²) in [5, 5.41) is 10.7. The van der Waals surface area contributed by atoms with Gasteiger partial charge in [0.1, 0.15) is 17.2 Å². The van der Waals surface area contributed by atoms with Crippen LogP contribution in [0.5, 0.6) is 0 Å². The average Bonchev–Trinajstić information content (AvgIpc) is 3.15. The average molecular weight is 462 g/mol. The summed E-state index contributed by atoms with van der Waals surface area (Å²) >= 11 is 6.60. The van der Waals surface area contributed by atoms with E-state index in [9.17, 15) is 5.11 Å². The Hall–Kier alpha value is -3.16. The van der Waals surface area contributed by atoms with Crippen LogP contribution in [0, 0.1) is 6.92 Å². The second-order valence-corrected chi connectivity index (χ2v) is 9.06. The van der Waals surface area contributed by atoms with Crippen molar-refractivity contribution in [3.63, 3.8) is 0 Å². The molecule has 1 aliphatic heterocycles. The van der Waals surface area contributed by atoms with Gasteiger partial charge in [-0.2, -0.15) is 0 Å². The standard InChI is InChI=1S/C25H26ClN6O/c1-25(2,33)22-15-28-23(16-27-22)32-12-10-31(11-13-32)17-8-9-19(26)18(14-17)24-29-20-6-4-5-7-21(20)30(24)3/h4-9,14-16,33H,1,10-13H2,2-3H3. The molecule has 4 aromatic rings. The number of aromatic nitrogens is 4. The van der Waals surface area contributed by atoms with E-state index >= 15 is 0 Å². The highest BCUT2D eigenvalue weighted by Crippen LogP contribution is 2.33. The van der Waals surface area contributed by atoms with Gasteiger partial charge in [-0.25, -0.2) is 9.97 Å². The van der Waals surface area contributed by atoms with Gasteiger partial charge in [0.15, 0.2) is 0 Å². The molecule has 0 amide bonds. The third-order valence-electron chi connectivity index (χ3n) is 6.14. The van der Waals surface area contributed by atoms with Gasteiger partial charge in [-0.1, -0.05) is 23.7 Å². The Labute approximate surface area is 198 Å². The Kier molecular flexibility index (Phi) is 5.46. The van der Waals surface area contributed by atoms with Crippen molar-refractivity contribution in [2.75, 3.05) is 36.0 Å². The van der Waals surface area contributed by atoms with Gasteiger partial charge in [0.05, 0.1) is 34.1 Å². The van der Waals surface area contributed by atoms with Crippen LogP contribution in [0.15, 0.2) is 54.9 Å². The zero-order valence-electron chi connectivity index (χ0n) is 18.7. The summed E-state index contributed by atoms with van der Waals surface area (Å²) in [4.78, 5) is 18.2. The van der Waals surface area contributed by atoms with Gasteiger partial charge in [-0.15, -0.1) is 0 Å². The first kappa shape index (κ1) is 21.7. The highest BCUT2D eigenvalue weighted by Gasteiger charge is 2.22. The lowest BCUT2D eigenvalue weighted by atomic mass is 10.1. The van der Waals surface area contributed by atoms with Crippen molar-refractivity contribution < 1.29 is 5.11 Å². The van der Waals surface area contributed by atoms with Gasteiger partial charge in [0.2, 0.25) is 0 Å². The highest BCUT2D eigenvalue weighted by molar-refractivity contribution is 6.33. The van der Waals surface area contributed by atoms with E-state index < -0.39 is 5.60 Å². The zero-order valence-corrected chi connectivity index (χ0v) is 19.5.